The Morgan fingerprint density at radius 1 is 0.327 bits per heavy atom. The molecule has 0 bridgehead atoms. The Morgan fingerprint density at radius 2 is 0.519 bits per heavy atom. The third kappa shape index (κ3) is 33.9. The van der Waals surface area contributed by atoms with Crippen molar-refractivity contribution in [2.75, 3.05) is 19.0 Å². The fraction of sp³-hybridized carbons (Fsp3) is 0.333. The molecular formula is C51H79N. The Hall–Kier alpha value is -4.62. The summed E-state index contributed by atoms with van der Waals surface area (Å²) < 4.78 is 0. The monoisotopic (exact) mass is 706 g/mol. The number of anilines is 1. The highest BCUT2D eigenvalue weighted by molar-refractivity contribution is 5.63. The van der Waals surface area contributed by atoms with E-state index in [4.69, 9.17) is 0 Å². The van der Waals surface area contributed by atoms with Crippen molar-refractivity contribution >= 4 is 5.69 Å². The summed E-state index contributed by atoms with van der Waals surface area (Å²) in [6.07, 6.45) is 9.44. The van der Waals surface area contributed by atoms with Crippen LogP contribution in [0.2, 0.25) is 0 Å². The van der Waals surface area contributed by atoms with Crippen molar-refractivity contribution < 1.29 is 0 Å². The van der Waals surface area contributed by atoms with Crippen molar-refractivity contribution in [3.05, 3.63) is 176 Å². The van der Waals surface area contributed by atoms with Gasteiger partial charge in [-0.2, -0.15) is 0 Å². The molecule has 5 rings (SSSR count). The van der Waals surface area contributed by atoms with Crippen LogP contribution in [0, 0.1) is 0 Å². The molecule has 5 aromatic carbocycles. The zero-order valence-corrected chi connectivity index (χ0v) is 36.4. The Labute approximate surface area is 325 Å². The molecule has 0 spiro atoms. The van der Waals surface area contributed by atoms with Gasteiger partial charge < -0.3 is 4.90 Å². The maximum absolute atomic E-state index is 2.12. The standard InChI is InChI=1S/2C12H10.C8H11N.C7H12.6C2H6/c2*1-3-7-11(8-4-1)12-9-5-2-6-10-12;1-9(2)8-6-4-3-5-7-8;1-3-5-7-6-4-2;6*1-2/h2*1-10H;3-7H,1-2H3;3-6H,7H2,1-2H3;6*1-2H3. The summed E-state index contributed by atoms with van der Waals surface area (Å²) in [5.74, 6) is 0. The third-order valence-electron chi connectivity index (χ3n) is 5.78. The Balaban J connectivity index is -0.000000174. The molecule has 0 aliphatic carbocycles. The fourth-order valence-corrected chi connectivity index (χ4v) is 3.60. The van der Waals surface area contributed by atoms with Crippen molar-refractivity contribution in [1.29, 1.82) is 0 Å². The van der Waals surface area contributed by atoms with Gasteiger partial charge in [0.1, 0.15) is 0 Å². The van der Waals surface area contributed by atoms with Gasteiger partial charge in [-0.1, -0.05) is 247 Å². The SMILES string of the molecule is CC.CC.CC.CC.CC.CC.CC=CCC=CC.CN(C)c1ccccc1.c1ccc(-c2ccccc2)cc1.c1ccc(-c2ccccc2)cc1. The molecule has 0 fully saturated rings. The van der Waals surface area contributed by atoms with Gasteiger partial charge in [-0.15, -0.1) is 0 Å². The van der Waals surface area contributed by atoms with Gasteiger partial charge in [0.05, 0.1) is 0 Å². The summed E-state index contributed by atoms with van der Waals surface area (Å²) in [5, 5.41) is 0. The largest absolute Gasteiger partial charge is 0.378 e. The lowest BCUT2D eigenvalue weighted by Crippen LogP contribution is -2.07. The van der Waals surface area contributed by atoms with E-state index in [9.17, 15) is 0 Å². The van der Waals surface area contributed by atoms with Crippen LogP contribution in [0.1, 0.15) is 103 Å². The van der Waals surface area contributed by atoms with Crippen molar-refractivity contribution in [3.63, 3.8) is 0 Å². The van der Waals surface area contributed by atoms with Crippen LogP contribution in [0.4, 0.5) is 5.69 Å². The minimum atomic E-state index is 1.08. The van der Waals surface area contributed by atoms with Crippen LogP contribution in [-0.2, 0) is 0 Å². The van der Waals surface area contributed by atoms with Crippen molar-refractivity contribution in [2.45, 2.75) is 103 Å². The van der Waals surface area contributed by atoms with Gasteiger partial charge in [-0.3, -0.25) is 0 Å². The van der Waals surface area contributed by atoms with E-state index in [-0.39, 0.29) is 0 Å². The predicted octanol–water partition coefficient (Wildman–Crippen LogP) is 17.1. The van der Waals surface area contributed by atoms with Gasteiger partial charge >= 0.3 is 0 Å². The summed E-state index contributed by atoms with van der Waals surface area (Å²) in [4.78, 5) is 2.08. The number of allylic oxidation sites excluding steroid dienone is 4. The molecule has 52 heavy (non-hydrogen) atoms. The molecule has 0 amide bonds. The molecule has 0 heterocycles. The second-order valence-corrected chi connectivity index (χ2v) is 9.07. The molecular weight excluding hydrogens is 627 g/mol. The van der Waals surface area contributed by atoms with E-state index in [1.807, 2.05) is 153 Å². The summed E-state index contributed by atoms with van der Waals surface area (Å²) >= 11 is 0. The van der Waals surface area contributed by atoms with Gasteiger partial charge in [-0.25, -0.2) is 0 Å². The second-order valence-electron chi connectivity index (χ2n) is 9.07. The number of hydrogen-bond donors (Lipinski definition) is 0. The molecule has 0 aliphatic heterocycles. The number of benzene rings is 5. The summed E-state index contributed by atoms with van der Waals surface area (Å²) in [7, 11) is 4.07. The van der Waals surface area contributed by atoms with Gasteiger partial charge in [0.15, 0.2) is 0 Å². The molecule has 0 atom stereocenters. The van der Waals surface area contributed by atoms with Crippen LogP contribution in [0.15, 0.2) is 176 Å². The average molecular weight is 706 g/mol. The van der Waals surface area contributed by atoms with Gasteiger partial charge in [0, 0.05) is 19.8 Å². The lowest BCUT2D eigenvalue weighted by Gasteiger charge is -2.10. The zero-order valence-electron chi connectivity index (χ0n) is 36.4. The highest BCUT2D eigenvalue weighted by Gasteiger charge is 1.93. The number of para-hydroxylation sites is 1. The Morgan fingerprint density at radius 3 is 0.673 bits per heavy atom. The summed E-state index contributed by atoms with van der Waals surface area (Å²) in [6.45, 7) is 28.1. The molecule has 0 radical (unpaired) electrons. The number of rotatable bonds is 5. The lowest BCUT2D eigenvalue weighted by molar-refractivity contribution is 1.13. The van der Waals surface area contributed by atoms with Crippen molar-refractivity contribution in [2.24, 2.45) is 0 Å². The van der Waals surface area contributed by atoms with Crippen molar-refractivity contribution in [3.8, 4) is 22.3 Å². The van der Waals surface area contributed by atoms with E-state index in [1.54, 1.807) is 0 Å². The van der Waals surface area contributed by atoms with Gasteiger partial charge in [-0.05, 0) is 54.7 Å². The average Bonchev–Trinajstić information content (AvgIpc) is 3.27. The van der Waals surface area contributed by atoms with E-state index in [0.29, 0.717) is 0 Å². The van der Waals surface area contributed by atoms with Crippen LogP contribution < -0.4 is 4.90 Å². The van der Waals surface area contributed by atoms with Gasteiger partial charge in [0.25, 0.3) is 0 Å². The number of nitrogens with zero attached hydrogens (tertiary/aromatic N) is 1. The first-order chi connectivity index (χ1) is 25.7. The van der Waals surface area contributed by atoms with Crippen molar-refractivity contribution in [1.82, 2.24) is 0 Å². The van der Waals surface area contributed by atoms with E-state index < -0.39 is 0 Å². The first-order valence-electron chi connectivity index (χ1n) is 19.8. The summed E-state index contributed by atoms with van der Waals surface area (Å²) in [5.41, 5.74) is 6.35. The minimum Gasteiger partial charge on any atom is -0.378 e. The topological polar surface area (TPSA) is 3.24 Å². The molecule has 0 saturated carbocycles. The van der Waals surface area contributed by atoms with Crippen LogP contribution in [-0.4, -0.2) is 14.1 Å². The Kier molecular flexibility index (Phi) is 55.4. The van der Waals surface area contributed by atoms with Crippen LogP contribution in [0.25, 0.3) is 22.3 Å². The third-order valence-corrected chi connectivity index (χ3v) is 5.78. The molecule has 0 unspecified atom stereocenters. The lowest BCUT2D eigenvalue weighted by atomic mass is 10.1. The Bertz CT molecular complexity index is 1150. The molecule has 5 aromatic rings. The molecule has 0 saturated heterocycles. The highest BCUT2D eigenvalue weighted by Crippen LogP contribution is 2.18. The van der Waals surface area contributed by atoms with Crippen LogP contribution in [0.5, 0.6) is 0 Å². The molecule has 0 aromatic heterocycles. The highest BCUT2D eigenvalue weighted by atomic mass is 15.1. The van der Waals surface area contributed by atoms with E-state index in [0.717, 1.165) is 6.42 Å². The molecule has 288 valence electrons. The van der Waals surface area contributed by atoms with Gasteiger partial charge in [0.2, 0.25) is 0 Å². The first kappa shape index (κ1) is 56.7. The summed E-state index contributed by atoms with van der Waals surface area (Å²) in [6, 6.07) is 51.8. The normalized spacial score (nSPS) is 8.31. The smallest absolute Gasteiger partial charge is 0.0360 e. The van der Waals surface area contributed by atoms with E-state index in [2.05, 4.69) is 138 Å². The molecule has 0 N–H and O–H groups in total. The molecule has 1 nitrogen and oxygen atoms in total. The first-order valence-corrected chi connectivity index (χ1v) is 19.8. The predicted molar refractivity (Wildman–Crippen MR) is 247 cm³/mol. The molecule has 1 heteroatoms. The van der Waals surface area contributed by atoms with Crippen LogP contribution >= 0.6 is 0 Å². The van der Waals surface area contributed by atoms with Crippen LogP contribution in [0.3, 0.4) is 0 Å². The second kappa shape index (κ2) is 50.8. The quantitative estimate of drug-likeness (QED) is 0.165. The fourth-order valence-electron chi connectivity index (χ4n) is 3.60. The van der Waals surface area contributed by atoms with E-state index >= 15 is 0 Å². The number of hydrogen-bond acceptors (Lipinski definition) is 1. The maximum atomic E-state index is 2.12. The minimum absolute atomic E-state index is 1.08. The maximum Gasteiger partial charge on any atom is 0.0360 e. The molecule has 0 aliphatic rings. The van der Waals surface area contributed by atoms with E-state index in [1.165, 1.54) is 27.9 Å². The zero-order chi connectivity index (χ0) is 40.7.